The summed E-state index contributed by atoms with van der Waals surface area (Å²) in [6.07, 6.45) is 2.02. The minimum Gasteiger partial charge on any atom is -0.395 e. The predicted molar refractivity (Wildman–Crippen MR) is 77.5 cm³/mol. The van der Waals surface area contributed by atoms with Gasteiger partial charge in [0.1, 0.15) is 5.65 Å². The maximum atomic E-state index is 9.09. The molecule has 0 aliphatic heterocycles. The second-order valence-electron chi connectivity index (χ2n) is 4.99. The third kappa shape index (κ3) is 3.05. The highest BCUT2D eigenvalue weighted by Crippen LogP contribution is 2.20. The molecule has 0 aliphatic carbocycles. The second-order valence-corrected chi connectivity index (χ2v) is 4.99. The van der Waals surface area contributed by atoms with Crippen LogP contribution in [0.25, 0.3) is 5.65 Å². The summed E-state index contributed by atoms with van der Waals surface area (Å²) in [4.78, 5) is 6.64. The molecule has 0 atom stereocenters. The summed E-state index contributed by atoms with van der Waals surface area (Å²) in [6.45, 7) is 5.72. The number of pyridine rings is 1. The van der Waals surface area contributed by atoms with Crippen molar-refractivity contribution >= 4 is 11.5 Å². The van der Waals surface area contributed by atoms with Crippen molar-refractivity contribution in [3.63, 3.8) is 0 Å². The highest BCUT2D eigenvalue weighted by Gasteiger charge is 2.15. The first kappa shape index (κ1) is 13.8. The Morgan fingerprint density at radius 1 is 1.42 bits per heavy atom. The molecule has 2 aromatic rings. The van der Waals surface area contributed by atoms with E-state index < -0.39 is 0 Å². The first-order valence-electron chi connectivity index (χ1n) is 6.65. The quantitative estimate of drug-likeness (QED) is 0.823. The van der Waals surface area contributed by atoms with Gasteiger partial charge in [-0.05, 0) is 12.1 Å². The number of likely N-dealkylation sites (N-methyl/N-ethyl adjacent to an activating group) is 1. The number of anilines is 1. The molecule has 2 heterocycles. The molecule has 19 heavy (non-hydrogen) atoms. The molecule has 5 heteroatoms. The van der Waals surface area contributed by atoms with E-state index in [0.717, 1.165) is 23.7 Å². The van der Waals surface area contributed by atoms with Gasteiger partial charge in [0.25, 0.3) is 0 Å². The van der Waals surface area contributed by atoms with E-state index in [1.807, 2.05) is 36.3 Å². The number of hydrogen-bond donors (Lipinski definition) is 2. The number of rotatable bonds is 6. The zero-order valence-corrected chi connectivity index (χ0v) is 11.8. The van der Waals surface area contributed by atoms with Gasteiger partial charge in [-0.15, -0.1) is 0 Å². The van der Waals surface area contributed by atoms with E-state index in [2.05, 4.69) is 28.5 Å². The van der Waals surface area contributed by atoms with Crippen molar-refractivity contribution in [3.8, 4) is 0 Å². The van der Waals surface area contributed by atoms with E-state index in [4.69, 9.17) is 5.11 Å². The van der Waals surface area contributed by atoms with Gasteiger partial charge in [0, 0.05) is 32.4 Å². The topological polar surface area (TPSA) is 52.8 Å². The van der Waals surface area contributed by atoms with Crippen LogP contribution in [0.5, 0.6) is 0 Å². The Morgan fingerprint density at radius 2 is 2.21 bits per heavy atom. The third-order valence-electron chi connectivity index (χ3n) is 3.08. The summed E-state index contributed by atoms with van der Waals surface area (Å²) < 4.78 is 2.10. The molecule has 0 aromatic carbocycles. The first-order valence-corrected chi connectivity index (χ1v) is 6.65. The van der Waals surface area contributed by atoms with Gasteiger partial charge in [-0.3, -0.25) is 0 Å². The van der Waals surface area contributed by atoms with Crippen molar-refractivity contribution in [3.05, 3.63) is 30.1 Å². The molecule has 0 unspecified atom stereocenters. The molecule has 5 nitrogen and oxygen atoms in total. The molecule has 2 aromatic heterocycles. The van der Waals surface area contributed by atoms with E-state index in [1.54, 1.807) is 0 Å². The Bertz CT molecular complexity index is 535. The van der Waals surface area contributed by atoms with Crippen molar-refractivity contribution in [2.45, 2.75) is 26.4 Å². The largest absolute Gasteiger partial charge is 0.395 e. The summed E-state index contributed by atoms with van der Waals surface area (Å²) in [7, 11) is 1.96. The van der Waals surface area contributed by atoms with Gasteiger partial charge in [0.15, 0.2) is 5.82 Å². The lowest BCUT2D eigenvalue weighted by molar-refractivity contribution is 0.303. The maximum Gasteiger partial charge on any atom is 0.152 e. The lowest BCUT2D eigenvalue weighted by Gasteiger charge is -2.18. The van der Waals surface area contributed by atoms with Crippen LogP contribution in [0, 0.1) is 0 Å². The van der Waals surface area contributed by atoms with Crippen LogP contribution in [0.3, 0.4) is 0 Å². The maximum absolute atomic E-state index is 9.09. The Kier molecular flexibility index (Phi) is 4.39. The van der Waals surface area contributed by atoms with E-state index in [-0.39, 0.29) is 6.61 Å². The Hall–Kier alpha value is -1.59. The van der Waals surface area contributed by atoms with Crippen molar-refractivity contribution in [1.29, 1.82) is 0 Å². The molecule has 0 saturated heterocycles. The monoisotopic (exact) mass is 262 g/mol. The highest BCUT2D eigenvalue weighted by molar-refractivity contribution is 5.55. The van der Waals surface area contributed by atoms with Crippen molar-refractivity contribution in [2.24, 2.45) is 0 Å². The zero-order chi connectivity index (χ0) is 13.8. The number of imidazole rings is 1. The minimum absolute atomic E-state index is 0.126. The molecule has 0 aliphatic rings. The van der Waals surface area contributed by atoms with E-state index in [1.165, 1.54) is 0 Å². The van der Waals surface area contributed by atoms with Crippen molar-refractivity contribution < 1.29 is 5.11 Å². The minimum atomic E-state index is 0.126. The first-order chi connectivity index (χ1) is 9.13. The third-order valence-corrected chi connectivity index (χ3v) is 3.08. The van der Waals surface area contributed by atoms with Gasteiger partial charge in [0.2, 0.25) is 0 Å². The molecule has 2 rings (SSSR count). The van der Waals surface area contributed by atoms with Crippen LogP contribution in [-0.4, -0.2) is 40.7 Å². The van der Waals surface area contributed by atoms with Crippen LogP contribution in [-0.2, 0) is 6.54 Å². The summed E-state index contributed by atoms with van der Waals surface area (Å²) in [5, 5.41) is 12.5. The average molecular weight is 262 g/mol. The Morgan fingerprint density at radius 3 is 2.89 bits per heavy atom. The molecule has 0 spiro atoms. The number of aliphatic hydroxyl groups is 1. The normalized spacial score (nSPS) is 11.4. The fourth-order valence-electron chi connectivity index (χ4n) is 2.06. The van der Waals surface area contributed by atoms with Gasteiger partial charge in [-0.25, -0.2) is 4.98 Å². The number of nitrogens with zero attached hydrogens (tertiary/aromatic N) is 3. The van der Waals surface area contributed by atoms with Gasteiger partial charge < -0.3 is 19.7 Å². The Balaban J connectivity index is 2.39. The van der Waals surface area contributed by atoms with Crippen LogP contribution < -0.4 is 10.2 Å². The van der Waals surface area contributed by atoms with Gasteiger partial charge in [0.05, 0.1) is 12.3 Å². The lowest BCUT2D eigenvalue weighted by Crippen LogP contribution is -2.26. The summed E-state index contributed by atoms with van der Waals surface area (Å²) in [5.74, 6) is 0.924. The predicted octanol–water partition coefficient (Wildman–Crippen LogP) is 1.26. The number of hydrogen-bond acceptors (Lipinski definition) is 4. The molecule has 0 bridgehead atoms. The fourth-order valence-corrected chi connectivity index (χ4v) is 2.06. The molecule has 0 fully saturated rings. The molecule has 2 N–H and O–H groups in total. The average Bonchev–Trinajstić information content (AvgIpc) is 2.75. The van der Waals surface area contributed by atoms with E-state index in [0.29, 0.717) is 12.6 Å². The standard InChI is InChI=1S/C14H22N4O/c1-11(2)15-10-12-14(17(3)8-9-19)16-13-6-4-5-7-18(12)13/h4-7,11,15,19H,8-10H2,1-3H3. The van der Waals surface area contributed by atoms with Gasteiger partial charge in [-0.1, -0.05) is 19.9 Å². The summed E-state index contributed by atoms with van der Waals surface area (Å²) in [5.41, 5.74) is 2.06. The van der Waals surface area contributed by atoms with Crippen LogP contribution in [0.2, 0.25) is 0 Å². The highest BCUT2D eigenvalue weighted by atomic mass is 16.3. The fraction of sp³-hybridized carbons (Fsp3) is 0.500. The molecular formula is C14H22N4O. The van der Waals surface area contributed by atoms with Crippen LogP contribution in [0.1, 0.15) is 19.5 Å². The van der Waals surface area contributed by atoms with E-state index >= 15 is 0 Å². The lowest BCUT2D eigenvalue weighted by atomic mass is 10.3. The molecule has 104 valence electrons. The molecule has 0 saturated carbocycles. The molecule has 0 radical (unpaired) electrons. The Labute approximate surface area is 113 Å². The number of fused-ring (bicyclic) bond motifs is 1. The van der Waals surface area contributed by atoms with Crippen molar-refractivity contribution in [2.75, 3.05) is 25.1 Å². The SMILES string of the molecule is CC(C)NCc1c(N(C)CCO)nc2ccccn12. The second kappa shape index (κ2) is 6.04. The molecule has 0 amide bonds. The molecular weight excluding hydrogens is 240 g/mol. The number of nitrogens with one attached hydrogen (secondary N) is 1. The summed E-state index contributed by atoms with van der Waals surface area (Å²) >= 11 is 0. The van der Waals surface area contributed by atoms with Gasteiger partial charge >= 0.3 is 0 Å². The smallest absolute Gasteiger partial charge is 0.152 e. The summed E-state index contributed by atoms with van der Waals surface area (Å²) in [6, 6.07) is 6.40. The van der Waals surface area contributed by atoms with Gasteiger partial charge in [-0.2, -0.15) is 0 Å². The van der Waals surface area contributed by atoms with Crippen LogP contribution in [0.4, 0.5) is 5.82 Å². The van der Waals surface area contributed by atoms with Crippen molar-refractivity contribution in [1.82, 2.24) is 14.7 Å². The zero-order valence-electron chi connectivity index (χ0n) is 11.8. The van der Waals surface area contributed by atoms with E-state index in [9.17, 15) is 0 Å². The number of aromatic nitrogens is 2. The van der Waals surface area contributed by atoms with Crippen LogP contribution >= 0.6 is 0 Å². The number of aliphatic hydroxyl groups excluding tert-OH is 1. The van der Waals surface area contributed by atoms with Crippen LogP contribution in [0.15, 0.2) is 24.4 Å².